The molecule has 4 nitrogen and oxygen atoms in total. The Labute approximate surface area is 126 Å². The third kappa shape index (κ3) is 4.36. The molecule has 0 radical (unpaired) electrons. The topological polar surface area (TPSA) is 53.5 Å². The quantitative estimate of drug-likeness (QED) is 0.658. The number of hydrazone groups is 1. The number of nitrogens with zero attached hydrogens (tertiary/aromatic N) is 1. The van der Waals surface area contributed by atoms with Gasteiger partial charge in [0.1, 0.15) is 0 Å². The number of halogens is 1. The Kier molecular flexibility index (Phi) is 5.15. The molecule has 0 atom stereocenters. The SMILES string of the molecule is Cc1ccc(/C=N\NC(=O)CNc2ccccc2Cl)s1. The smallest absolute Gasteiger partial charge is 0.259 e. The summed E-state index contributed by atoms with van der Waals surface area (Å²) in [5.74, 6) is -0.227. The van der Waals surface area contributed by atoms with Crippen molar-refractivity contribution in [1.82, 2.24) is 5.43 Å². The van der Waals surface area contributed by atoms with Gasteiger partial charge in [-0.3, -0.25) is 4.79 Å². The van der Waals surface area contributed by atoms with E-state index in [-0.39, 0.29) is 12.5 Å². The Morgan fingerprint density at radius 1 is 1.35 bits per heavy atom. The third-order valence-electron chi connectivity index (χ3n) is 2.46. The number of para-hydroxylation sites is 1. The van der Waals surface area contributed by atoms with Crippen LogP contribution in [0.1, 0.15) is 9.75 Å². The summed E-state index contributed by atoms with van der Waals surface area (Å²) in [5.41, 5.74) is 3.19. The molecule has 2 aromatic rings. The lowest BCUT2D eigenvalue weighted by Crippen LogP contribution is -2.25. The summed E-state index contributed by atoms with van der Waals surface area (Å²) in [6.07, 6.45) is 1.63. The van der Waals surface area contributed by atoms with Crippen LogP contribution in [0.3, 0.4) is 0 Å². The molecule has 20 heavy (non-hydrogen) atoms. The summed E-state index contributed by atoms with van der Waals surface area (Å²) in [6, 6.07) is 11.2. The van der Waals surface area contributed by atoms with Crippen molar-refractivity contribution in [3.05, 3.63) is 51.2 Å². The molecule has 0 unspecified atom stereocenters. The molecule has 0 spiro atoms. The highest BCUT2D eigenvalue weighted by molar-refractivity contribution is 7.13. The number of aryl methyl sites for hydroxylation is 1. The molecule has 1 aromatic heterocycles. The largest absolute Gasteiger partial charge is 0.375 e. The van der Waals surface area contributed by atoms with Crippen molar-refractivity contribution in [1.29, 1.82) is 0 Å². The summed E-state index contributed by atoms with van der Waals surface area (Å²) in [6.45, 7) is 2.14. The van der Waals surface area contributed by atoms with Crippen molar-refractivity contribution in [2.24, 2.45) is 5.10 Å². The Morgan fingerprint density at radius 2 is 2.15 bits per heavy atom. The van der Waals surface area contributed by atoms with Crippen LogP contribution < -0.4 is 10.7 Å². The Hall–Kier alpha value is -1.85. The van der Waals surface area contributed by atoms with Gasteiger partial charge in [-0.25, -0.2) is 5.43 Å². The first-order valence-electron chi connectivity index (χ1n) is 6.02. The molecular formula is C14H14ClN3OS. The molecule has 0 bridgehead atoms. The Balaban J connectivity index is 1.78. The highest BCUT2D eigenvalue weighted by Gasteiger charge is 2.02. The van der Waals surface area contributed by atoms with Crippen LogP contribution in [0, 0.1) is 6.92 Å². The van der Waals surface area contributed by atoms with Gasteiger partial charge in [0.15, 0.2) is 0 Å². The highest BCUT2D eigenvalue weighted by Crippen LogP contribution is 2.19. The molecule has 0 aliphatic rings. The zero-order valence-electron chi connectivity index (χ0n) is 10.9. The van der Waals surface area contributed by atoms with Crippen molar-refractivity contribution in [2.45, 2.75) is 6.92 Å². The van der Waals surface area contributed by atoms with Crippen molar-refractivity contribution < 1.29 is 4.79 Å². The third-order valence-corrected chi connectivity index (χ3v) is 3.72. The van der Waals surface area contributed by atoms with Gasteiger partial charge in [0.2, 0.25) is 0 Å². The summed E-state index contributed by atoms with van der Waals surface area (Å²) in [4.78, 5) is 13.8. The van der Waals surface area contributed by atoms with E-state index in [9.17, 15) is 4.79 Å². The van der Waals surface area contributed by atoms with Gasteiger partial charge in [0.05, 0.1) is 23.5 Å². The van der Waals surface area contributed by atoms with E-state index >= 15 is 0 Å². The van der Waals surface area contributed by atoms with E-state index in [1.165, 1.54) is 4.88 Å². The predicted octanol–water partition coefficient (Wildman–Crippen LogP) is 3.27. The molecule has 0 aliphatic carbocycles. The molecule has 1 amide bonds. The monoisotopic (exact) mass is 307 g/mol. The molecule has 1 heterocycles. The number of benzene rings is 1. The number of amides is 1. The van der Waals surface area contributed by atoms with E-state index in [0.717, 1.165) is 10.6 Å². The summed E-state index contributed by atoms with van der Waals surface area (Å²) in [5, 5.41) is 7.43. The minimum Gasteiger partial charge on any atom is -0.375 e. The number of rotatable bonds is 5. The minimum atomic E-state index is -0.227. The first-order chi connectivity index (χ1) is 9.65. The average Bonchev–Trinajstić information content (AvgIpc) is 2.83. The normalized spacial score (nSPS) is 10.7. The van der Waals surface area contributed by atoms with Crippen LogP contribution in [0.4, 0.5) is 5.69 Å². The number of carbonyl (C=O) groups is 1. The first-order valence-corrected chi connectivity index (χ1v) is 7.21. The first kappa shape index (κ1) is 14.6. The van der Waals surface area contributed by atoms with Gasteiger partial charge in [-0.1, -0.05) is 23.7 Å². The predicted molar refractivity (Wildman–Crippen MR) is 84.7 cm³/mol. The van der Waals surface area contributed by atoms with Crippen LogP contribution in [-0.2, 0) is 4.79 Å². The lowest BCUT2D eigenvalue weighted by molar-refractivity contribution is -0.119. The molecule has 6 heteroatoms. The fraction of sp³-hybridized carbons (Fsp3) is 0.143. The second-order valence-electron chi connectivity index (χ2n) is 4.07. The molecule has 0 saturated carbocycles. The molecular weight excluding hydrogens is 294 g/mol. The van der Waals surface area contributed by atoms with Gasteiger partial charge in [-0.05, 0) is 31.2 Å². The number of anilines is 1. The number of thiophene rings is 1. The molecule has 0 fully saturated rings. The number of hydrogen-bond donors (Lipinski definition) is 2. The fourth-order valence-electron chi connectivity index (χ4n) is 1.51. The standard InChI is InChI=1S/C14H14ClN3OS/c1-10-6-7-11(20-10)8-17-18-14(19)9-16-13-5-3-2-4-12(13)15/h2-8,16H,9H2,1H3,(H,18,19)/b17-8-. The second kappa shape index (κ2) is 7.07. The van der Waals surface area contributed by atoms with Crippen molar-refractivity contribution >= 4 is 40.7 Å². The van der Waals surface area contributed by atoms with E-state index < -0.39 is 0 Å². The second-order valence-corrected chi connectivity index (χ2v) is 5.80. The lowest BCUT2D eigenvalue weighted by atomic mass is 10.3. The van der Waals surface area contributed by atoms with Crippen LogP contribution >= 0.6 is 22.9 Å². The molecule has 104 valence electrons. The van der Waals surface area contributed by atoms with E-state index in [4.69, 9.17) is 11.6 Å². The Morgan fingerprint density at radius 3 is 2.85 bits per heavy atom. The number of carbonyl (C=O) groups excluding carboxylic acids is 1. The summed E-state index contributed by atoms with van der Waals surface area (Å²) >= 11 is 7.59. The van der Waals surface area contributed by atoms with E-state index in [1.807, 2.05) is 37.3 Å². The average molecular weight is 308 g/mol. The van der Waals surface area contributed by atoms with Crippen LogP contribution in [0.25, 0.3) is 0 Å². The number of hydrogen-bond acceptors (Lipinski definition) is 4. The molecule has 2 N–H and O–H groups in total. The maximum atomic E-state index is 11.6. The number of nitrogens with one attached hydrogen (secondary N) is 2. The zero-order valence-corrected chi connectivity index (χ0v) is 12.5. The van der Waals surface area contributed by atoms with Crippen LogP contribution in [-0.4, -0.2) is 18.7 Å². The van der Waals surface area contributed by atoms with Gasteiger partial charge in [-0.15, -0.1) is 11.3 Å². The van der Waals surface area contributed by atoms with Gasteiger partial charge in [0.25, 0.3) is 5.91 Å². The maximum Gasteiger partial charge on any atom is 0.259 e. The van der Waals surface area contributed by atoms with Crippen molar-refractivity contribution in [3.63, 3.8) is 0 Å². The highest BCUT2D eigenvalue weighted by atomic mass is 35.5. The molecule has 0 saturated heterocycles. The Bertz CT molecular complexity index is 624. The van der Waals surface area contributed by atoms with E-state index in [1.54, 1.807) is 23.6 Å². The van der Waals surface area contributed by atoms with Gasteiger partial charge >= 0.3 is 0 Å². The maximum absolute atomic E-state index is 11.6. The fourth-order valence-corrected chi connectivity index (χ4v) is 2.46. The van der Waals surface area contributed by atoms with Crippen LogP contribution in [0.15, 0.2) is 41.5 Å². The summed E-state index contributed by atoms with van der Waals surface area (Å²) in [7, 11) is 0. The zero-order chi connectivity index (χ0) is 14.4. The lowest BCUT2D eigenvalue weighted by Gasteiger charge is -2.06. The summed E-state index contributed by atoms with van der Waals surface area (Å²) < 4.78 is 0. The van der Waals surface area contributed by atoms with Crippen molar-refractivity contribution in [3.8, 4) is 0 Å². The van der Waals surface area contributed by atoms with Gasteiger partial charge in [0, 0.05) is 9.75 Å². The molecule has 1 aromatic carbocycles. The van der Waals surface area contributed by atoms with Gasteiger partial charge < -0.3 is 5.32 Å². The van der Waals surface area contributed by atoms with Gasteiger partial charge in [-0.2, -0.15) is 5.10 Å². The molecule has 2 rings (SSSR count). The minimum absolute atomic E-state index is 0.116. The van der Waals surface area contributed by atoms with Crippen molar-refractivity contribution in [2.75, 3.05) is 11.9 Å². The van der Waals surface area contributed by atoms with E-state index in [0.29, 0.717) is 5.02 Å². The van der Waals surface area contributed by atoms with E-state index in [2.05, 4.69) is 15.8 Å². The van der Waals surface area contributed by atoms with Crippen LogP contribution in [0.5, 0.6) is 0 Å². The molecule has 0 aliphatic heterocycles. The van der Waals surface area contributed by atoms with Crippen LogP contribution in [0.2, 0.25) is 5.02 Å².